The summed E-state index contributed by atoms with van der Waals surface area (Å²) in [4.78, 5) is 28.2. The molecule has 1 amide bonds. The first-order valence-electron chi connectivity index (χ1n) is 9.47. The lowest BCUT2D eigenvalue weighted by Gasteiger charge is -2.27. The van der Waals surface area contributed by atoms with Gasteiger partial charge in [-0.3, -0.25) is 9.59 Å². The lowest BCUT2D eigenvalue weighted by atomic mass is 9.98. The first kappa shape index (κ1) is 18.3. The Morgan fingerprint density at radius 1 is 1.17 bits per heavy atom. The number of rotatable bonds is 3. The third-order valence-electron chi connectivity index (χ3n) is 5.52. The van der Waals surface area contributed by atoms with E-state index < -0.39 is 17.3 Å². The second kappa shape index (κ2) is 6.97. The molecule has 2 aliphatic heterocycles. The summed E-state index contributed by atoms with van der Waals surface area (Å²) in [6, 6.07) is 10.1. The molecule has 0 radical (unpaired) electrons. The Labute approximate surface area is 170 Å². The first-order valence-corrected chi connectivity index (χ1v) is 9.85. The molecule has 2 atom stereocenters. The predicted octanol–water partition coefficient (Wildman–Crippen LogP) is 4.31. The van der Waals surface area contributed by atoms with Crippen LogP contribution in [-0.4, -0.2) is 30.1 Å². The molecule has 1 saturated heterocycles. The van der Waals surface area contributed by atoms with Gasteiger partial charge in [0.05, 0.1) is 23.1 Å². The molecule has 1 fully saturated rings. The average molecular weight is 414 g/mol. The van der Waals surface area contributed by atoms with Gasteiger partial charge in [-0.15, -0.1) is 0 Å². The normalized spacial score (nSPS) is 21.2. The Kier molecular flexibility index (Phi) is 4.41. The standard InChI is InChI=1S/C22H17ClFNO4/c23-13-4-1-3-12(9-13)19-18-20(26)16-10-14(24)6-7-17(16)29-21(18)22(27)25(19)11-15-5-2-8-28-15/h1,3-4,6-7,9-10,15,19H,2,5,8,11H2/t15-,19+/m1/s1. The second-order valence-corrected chi connectivity index (χ2v) is 7.80. The van der Waals surface area contributed by atoms with Gasteiger partial charge in [0.2, 0.25) is 5.76 Å². The van der Waals surface area contributed by atoms with E-state index >= 15 is 0 Å². The lowest BCUT2D eigenvalue weighted by molar-refractivity contribution is 0.0486. The average Bonchev–Trinajstić information content (AvgIpc) is 3.31. The van der Waals surface area contributed by atoms with Crippen molar-refractivity contribution < 1.29 is 18.3 Å². The zero-order valence-corrected chi connectivity index (χ0v) is 16.1. The van der Waals surface area contributed by atoms with Crippen molar-refractivity contribution in [3.63, 3.8) is 0 Å². The molecule has 0 unspecified atom stereocenters. The van der Waals surface area contributed by atoms with Crippen molar-refractivity contribution in [2.75, 3.05) is 13.2 Å². The molecule has 7 heteroatoms. The van der Waals surface area contributed by atoms with Crippen LogP contribution in [0.15, 0.2) is 51.7 Å². The Bertz CT molecular complexity index is 1190. The van der Waals surface area contributed by atoms with Crippen molar-refractivity contribution in [2.24, 2.45) is 0 Å². The van der Waals surface area contributed by atoms with E-state index in [1.807, 2.05) is 6.07 Å². The molecule has 148 valence electrons. The third kappa shape index (κ3) is 3.03. The van der Waals surface area contributed by atoms with Crippen LogP contribution in [0.1, 0.15) is 40.6 Å². The molecule has 0 N–H and O–H groups in total. The van der Waals surface area contributed by atoms with E-state index in [9.17, 15) is 14.0 Å². The summed E-state index contributed by atoms with van der Waals surface area (Å²) < 4.78 is 25.3. The number of nitrogens with zero attached hydrogens (tertiary/aromatic N) is 1. The van der Waals surface area contributed by atoms with Gasteiger partial charge < -0.3 is 14.1 Å². The fourth-order valence-electron chi connectivity index (χ4n) is 4.21. The summed E-state index contributed by atoms with van der Waals surface area (Å²) in [6.45, 7) is 0.992. The van der Waals surface area contributed by atoms with E-state index in [0.29, 0.717) is 23.7 Å². The summed E-state index contributed by atoms with van der Waals surface area (Å²) in [5.74, 6) is -0.912. The van der Waals surface area contributed by atoms with Gasteiger partial charge >= 0.3 is 0 Å². The Balaban J connectivity index is 1.72. The van der Waals surface area contributed by atoms with Crippen LogP contribution < -0.4 is 5.43 Å². The summed E-state index contributed by atoms with van der Waals surface area (Å²) >= 11 is 6.18. The molecular formula is C22H17ClFNO4. The summed E-state index contributed by atoms with van der Waals surface area (Å²) in [5, 5.41) is 0.610. The molecule has 5 nitrogen and oxygen atoms in total. The second-order valence-electron chi connectivity index (χ2n) is 7.36. The molecule has 29 heavy (non-hydrogen) atoms. The van der Waals surface area contributed by atoms with Crippen LogP contribution in [0.3, 0.4) is 0 Å². The quantitative estimate of drug-likeness (QED) is 0.642. The van der Waals surface area contributed by atoms with Crippen molar-refractivity contribution >= 4 is 28.5 Å². The summed E-state index contributed by atoms with van der Waals surface area (Å²) in [5.41, 5.74) is 0.695. The number of benzene rings is 2. The maximum Gasteiger partial charge on any atom is 0.291 e. The van der Waals surface area contributed by atoms with Crippen molar-refractivity contribution in [1.82, 2.24) is 4.90 Å². The highest BCUT2D eigenvalue weighted by Crippen LogP contribution is 2.39. The minimum Gasteiger partial charge on any atom is -0.450 e. The van der Waals surface area contributed by atoms with Gasteiger partial charge in [-0.25, -0.2) is 4.39 Å². The zero-order chi connectivity index (χ0) is 20.1. The number of carbonyl (C=O) groups excluding carboxylic acids is 1. The molecular weight excluding hydrogens is 397 g/mol. The number of hydrogen-bond acceptors (Lipinski definition) is 4. The fourth-order valence-corrected chi connectivity index (χ4v) is 4.41. The molecule has 3 heterocycles. The maximum atomic E-state index is 13.8. The van der Waals surface area contributed by atoms with Gasteiger partial charge in [-0.05, 0) is 48.7 Å². The molecule has 3 aromatic rings. The van der Waals surface area contributed by atoms with Crippen molar-refractivity contribution in [3.05, 3.63) is 80.4 Å². The molecule has 1 aromatic heterocycles. The van der Waals surface area contributed by atoms with Gasteiger partial charge in [0.15, 0.2) is 5.43 Å². The van der Waals surface area contributed by atoms with Gasteiger partial charge in [-0.2, -0.15) is 0 Å². The minimum atomic E-state index is -0.663. The van der Waals surface area contributed by atoms with Crippen LogP contribution >= 0.6 is 11.6 Å². The Morgan fingerprint density at radius 2 is 2.03 bits per heavy atom. The number of carbonyl (C=O) groups is 1. The zero-order valence-electron chi connectivity index (χ0n) is 15.4. The van der Waals surface area contributed by atoms with E-state index in [2.05, 4.69) is 0 Å². The van der Waals surface area contributed by atoms with Crippen LogP contribution in [0.5, 0.6) is 0 Å². The van der Waals surface area contributed by atoms with Crippen LogP contribution in [0.2, 0.25) is 5.02 Å². The Hall–Kier alpha value is -2.70. The maximum absolute atomic E-state index is 13.8. The lowest BCUT2D eigenvalue weighted by Crippen LogP contribution is -2.36. The van der Waals surface area contributed by atoms with E-state index in [1.165, 1.54) is 12.1 Å². The SMILES string of the molecule is O=C1c2oc3ccc(F)cc3c(=O)c2[C@H](c2cccc(Cl)c2)N1C[C@H]1CCCO1. The number of halogens is 2. The monoisotopic (exact) mass is 413 g/mol. The van der Waals surface area contributed by atoms with Crippen molar-refractivity contribution in [1.29, 1.82) is 0 Å². The van der Waals surface area contributed by atoms with E-state index in [0.717, 1.165) is 18.9 Å². The molecule has 5 rings (SSSR count). The van der Waals surface area contributed by atoms with Crippen LogP contribution in [0, 0.1) is 5.82 Å². The highest BCUT2D eigenvalue weighted by Gasteiger charge is 2.44. The molecule has 0 aliphatic carbocycles. The van der Waals surface area contributed by atoms with E-state index in [-0.39, 0.29) is 34.3 Å². The van der Waals surface area contributed by atoms with E-state index in [1.54, 1.807) is 23.1 Å². The number of ether oxygens (including phenoxy) is 1. The van der Waals surface area contributed by atoms with Crippen molar-refractivity contribution in [2.45, 2.75) is 25.0 Å². The van der Waals surface area contributed by atoms with Gasteiger partial charge in [0.1, 0.15) is 11.4 Å². The Morgan fingerprint density at radius 3 is 2.79 bits per heavy atom. The topological polar surface area (TPSA) is 59.8 Å². The van der Waals surface area contributed by atoms with Crippen LogP contribution in [0.25, 0.3) is 11.0 Å². The summed E-state index contributed by atoms with van der Waals surface area (Å²) in [7, 11) is 0. The summed E-state index contributed by atoms with van der Waals surface area (Å²) in [6.07, 6.45) is 1.68. The van der Waals surface area contributed by atoms with Gasteiger partial charge in [0, 0.05) is 18.2 Å². The molecule has 0 spiro atoms. The highest BCUT2D eigenvalue weighted by molar-refractivity contribution is 6.30. The van der Waals surface area contributed by atoms with Crippen LogP contribution in [0.4, 0.5) is 4.39 Å². The number of hydrogen-bond donors (Lipinski definition) is 0. The molecule has 2 aromatic carbocycles. The predicted molar refractivity (Wildman–Crippen MR) is 106 cm³/mol. The fraction of sp³-hybridized carbons (Fsp3) is 0.273. The largest absolute Gasteiger partial charge is 0.450 e. The number of fused-ring (bicyclic) bond motifs is 2. The van der Waals surface area contributed by atoms with Gasteiger partial charge in [-0.1, -0.05) is 23.7 Å². The third-order valence-corrected chi connectivity index (χ3v) is 5.75. The molecule has 0 bridgehead atoms. The van der Waals surface area contributed by atoms with E-state index in [4.69, 9.17) is 20.8 Å². The molecule has 0 saturated carbocycles. The van der Waals surface area contributed by atoms with Gasteiger partial charge in [0.25, 0.3) is 5.91 Å². The van der Waals surface area contributed by atoms with Crippen molar-refractivity contribution in [3.8, 4) is 0 Å². The smallest absolute Gasteiger partial charge is 0.291 e. The molecule has 2 aliphatic rings. The highest BCUT2D eigenvalue weighted by atomic mass is 35.5. The number of amides is 1. The minimum absolute atomic E-state index is 0.00270. The first-order chi connectivity index (χ1) is 14.0. The van der Waals surface area contributed by atoms with Crippen LogP contribution in [-0.2, 0) is 4.74 Å².